The Labute approximate surface area is 111 Å². The summed E-state index contributed by atoms with van der Waals surface area (Å²) in [6.07, 6.45) is 0. The molecule has 0 amide bonds. The third kappa shape index (κ3) is 2.71. The van der Waals surface area contributed by atoms with Crippen LogP contribution < -0.4 is 5.73 Å². The van der Waals surface area contributed by atoms with Crippen LogP contribution >= 0.6 is 11.8 Å². The van der Waals surface area contributed by atoms with E-state index in [0.29, 0.717) is 0 Å². The molecule has 0 spiro atoms. The molecule has 0 aliphatic rings. The maximum Gasteiger partial charge on any atom is 0.125 e. The third-order valence-electron chi connectivity index (χ3n) is 2.54. The molecule has 3 N–H and O–H groups in total. The monoisotopic (exact) mass is 257 g/mol. The van der Waals surface area contributed by atoms with E-state index < -0.39 is 0 Å². The molecule has 92 valence electrons. The molecule has 0 saturated carbocycles. The van der Waals surface area contributed by atoms with Gasteiger partial charge in [0.1, 0.15) is 10.9 Å². The standard InChI is InChI=1S/C14H15N3S/c1-9-8-10(2)17-14(12(9)13(15)16)18-11-6-4-3-5-7-11/h3-8H,1-2H3,(H3,15,16). The molecule has 1 aromatic heterocycles. The summed E-state index contributed by atoms with van der Waals surface area (Å²) >= 11 is 1.54. The quantitative estimate of drug-likeness (QED) is 0.656. The molecule has 0 unspecified atom stereocenters. The molecule has 0 atom stereocenters. The summed E-state index contributed by atoms with van der Waals surface area (Å²) < 4.78 is 0. The Hall–Kier alpha value is -1.81. The van der Waals surface area contributed by atoms with Crippen molar-refractivity contribution in [2.45, 2.75) is 23.8 Å². The van der Waals surface area contributed by atoms with Gasteiger partial charge in [-0.25, -0.2) is 4.98 Å². The highest BCUT2D eigenvalue weighted by Crippen LogP contribution is 2.30. The van der Waals surface area contributed by atoms with Crippen LogP contribution in [0, 0.1) is 19.3 Å². The smallest absolute Gasteiger partial charge is 0.125 e. The van der Waals surface area contributed by atoms with Crippen molar-refractivity contribution in [2.24, 2.45) is 5.73 Å². The predicted molar refractivity (Wildman–Crippen MR) is 75.3 cm³/mol. The lowest BCUT2D eigenvalue weighted by atomic mass is 10.1. The van der Waals surface area contributed by atoms with Gasteiger partial charge in [-0.05, 0) is 37.6 Å². The minimum Gasteiger partial charge on any atom is -0.384 e. The number of benzene rings is 1. The lowest BCUT2D eigenvalue weighted by molar-refractivity contribution is 1.03. The molecule has 3 nitrogen and oxygen atoms in total. The highest BCUT2D eigenvalue weighted by molar-refractivity contribution is 7.99. The molecule has 4 heteroatoms. The Morgan fingerprint density at radius 3 is 2.50 bits per heavy atom. The number of nitrogens with one attached hydrogen (secondary N) is 1. The van der Waals surface area contributed by atoms with Crippen LogP contribution in [0.3, 0.4) is 0 Å². The van der Waals surface area contributed by atoms with Gasteiger partial charge in [-0.1, -0.05) is 30.0 Å². The van der Waals surface area contributed by atoms with E-state index in [1.54, 1.807) is 0 Å². The number of amidine groups is 1. The minimum absolute atomic E-state index is 0.0680. The first-order valence-electron chi connectivity index (χ1n) is 5.63. The van der Waals surface area contributed by atoms with Gasteiger partial charge in [0.2, 0.25) is 0 Å². The molecule has 1 aromatic carbocycles. The number of nitrogens with zero attached hydrogens (tertiary/aromatic N) is 1. The zero-order chi connectivity index (χ0) is 13.1. The van der Waals surface area contributed by atoms with Crippen molar-refractivity contribution in [1.82, 2.24) is 4.98 Å². The molecule has 0 radical (unpaired) electrons. The summed E-state index contributed by atoms with van der Waals surface area (Å²) in [7, 11) is 0. The summed E-state index contributed by atoms with van der Waals surface area (Å²) in [6, 6.07) is 11.9. The first-order valence-corrected chi connectivity index (χ1v) is 6.45. The number of aryl methyl sites for hydroxylation is 2. The molecule has 0 bridgehead atoms. The van der Waals surface area contributed by atoms with Crippen molar-refractivity contribution < 1.29 is 0 Å². The number of hydrogen-bond acceptors (Lipinski definition) is 3. The van der Waals surface area contributed by atoms with E-state index >= 15 is 0 Å². The van der Waals surface area contributed by atoms with Crippen LogP contribution in [0.15, 0.2) is 46.3 Å². The number of nitrogens with two attached hydrogens (primary N) is 1. The molecule has 18 heavy (non-hydrogen) atoms. The lowest BCUT2D eigenvalue weighted by Gasteiger charge is -2.11. The van der Waals surface area contributed by atoms with Crippen LogP contribution in [0.2, 0.25) is 0 Å². The van der Waals surface area contributed by atoms with Gasteiger partial charge in [-0.3, -0.25) is 5.41 Å². The SMILES string of the molecule is Cc1cc(C)c(C(=N)N)c(Sc2ccccc2)n1. The van der Waals surface area contributed by atoms with Crippen molar-refractivity contribution in [1.29, 1.82) is 5.41 Å². The number of aromatic nitrogens is 1. The maximum atomic E-state index is 7.68. The summed E-state index contributed by atoms with van der Waals surface area (Å²) in [6.45, 7) is 3.91. The van der Waals surface area contributed by atoms with Crippen LogP contribution in [0.4, 0.5) is 0 Å². The number of pyridine rings is 1. The van der Waals surface area contributed by atoms with Gasteiger partial charge in [0, 0.05) is 10.6 Å². The second-order valence-electron chi connectivity index (χ2n) is 4.09. The Morgan fingerprint density at radius 2 is 1.89 bits per heavy atom. The highest BCUT2D eigenvalue weighted by atomic mass is 32.2. The molecule has 0 fully saturated rings. The number of nitrogen functional groups attached to an aromatic ring is 1. The topological polar surface area (TPSA) is 62.8 Å². The van der Waals surface area contributed by atoms with Crippen molar-refractivity contribution in [3.05, 3.63) is 53.2 Å². The lowest BCUT2D eigenvalue weighted by Crippen LogP contribution is -2.15. The Bertz CT molecular complexity index is 579. The van der Waals surface area contributed by atoms with Gasteiger partial charge >= 0.3 is 0 Å². The highest BCUT2D eigenvalue weighted by Gasteiger charge is 2.12. The second-order valence-corrected chi connectivity index (χ2v) is 5.15. The predicted octanol–water partition coefficient (Wildman–Crippen LogP) is 3.13. The third-order valence-corrected chi connectivity index (χ3v) is 3.54. The van der Waals surface area contributed by atoms with E-state index in [4.69, 9.17) is 11.1 Å². The number of hydrogen-bond donors (Lipinski definition) is 2. The van der Waals surface area contributed by atoms with E-state index in [2.05, 4.69) is 4.98 Å². The van der Waals surface area contributed by atoms with Gasteiger partial charge in [0.15, 0.2) is 0 Å². The minimum atomic E-state index is 0.0680. The Kier molecular flexibility index (Phi) is 3.67. The molecular weight excluding hydrogens is 242 g/mol. The van der Waals surface area contributed by atoms with Crippen LogP contribution in [-0.4, -0.2) is 10.8 Å². The summed E-state index contributed by atoms with van der Waals surface area (Å²) in [4.78, 5) is 5.59. The van der Waals surface area contributed by atoms with E-state index in [-0.39, 0.29) is 5.84 Å². The second kappa shape index (κ2) is 5.23. The fourth-order valence-electron chi connectivity index (χ4n) is 1.80. The Morgan fingerprint density at radius 1 is 1.22 bits per heavy atom. The van der Waals surface area contributed by atoms with Gasteiger partial charge in [-0.15, -0.1) is 0 Å². The van der Waals surface area contributed by atoms with Gasteiger partial charge in [-0.2, -0.15) is 0 Å². The molecule has 1 heterocycles. The summed E-state index contributed by atoms with van der Waals surface area (Å²) in [5.41, 5.74) is 8.31. The van der Waals surface area contributed by atoms with E-state index in [1.807, 2.05) is 50.2 Å². The average Bonchev–Trinajstić information content (AvgIpc) is 2.28. The van der Waals surface area contributed by atoms with E-state index in [1.165, 1.54) is 11.8 Å². The van der Waals surface area contributed by atoms with Crippen molar-refractivity contribution in [3.8, 4) is 0 Å². The van der Waals surface area contributed by atoms with Crippen molar-refractivity contribution in [3.63, 3.8) is 0 Å². The van der Waals surface area contributed by atoms with Crippen molar-refractivity contribution >= 4 is 17.6 Å². The van der Waals surface area contributed by atoms with Crippen LogP contribution in [0.25, 0.3) is 0 Å². The fraction of sp³-hybridized carbons (Fsp3) is 0.143. The van der Waals surface area contributed by atoms with E-state index in [9.17, 15) is 0 Å². The molecule has 0 aliphatic heterocycles. The normalized spacial score (nSPS) is 10.3. The summed E-state index contributed by atoms with van der Waals surface area (Å²) in [5, 5.41) is 8.48. The molecular formula is C14H15N3S. The zero-order valence-electron chi connectivity index (χ0n) is 10.4. The van der Waals surface area contributed by atoms with Gasteiger partial charge < -0.3 is 5.73 Å². The van der Waals surface area contributed by atoms with Crippen LogP contribution in [0.1, 0.15) is 16.8 Å². The Balaban J connectivity index is 2.46. The first kappa shape index (κ1) is 12.6. The first-order chi connectivity index (χ1) is 8.58. The molecule has 2 rings (SSSR count). The fourth-order valence-corrected chi connectivity index (χ4v) is 2.88. The summed E-state index contributed by atoms with van der Waals surface area (Å²) in [5.74, 6) is 0.0680. The van der Waals surface area contributed by atoms with E-state index in [0.717, 1.165) is 26.7 Å². The van der Waals surface area contributed by atoms with Gasteiger partial charge in [0.05, 0.1) is 5.56 Å². The maximum absolute atomic E-state index is 7.68. The van der Waals surface area contributed by atoms with Crippen molar-refractivity contribution in [2.75, 3.05) is 0 Å². The average molecular weight is 257 g/mol. The molecule has 0 saturated heterocycles. The largest absolute Gasteiger partial charge is 0.384 e. The van der Waals surface area contributed by atoms with Crippen LogP contribution in [0.5, 0.6) is 0 Å². The van der Waals surface area contributed by atoms with Gasteiger partial charge in [0.25, 0.3) is 0 Å². The molecule has 0 aliphatic carbocycles. The van der Waals surface area contributed by atoms with Crippen LogP contribution in [-0.2, 0) is 0 Å². The molecule has 2 aromatic rings. The zero-order valence-corrected chi connectivity index (χ0v) is 11.2. The number of rotatable bonds is 3.